The summed E-state index contributed by atoms with van der Waals surface area (Å²) in [5.41, 5.74) is 0.938. The Morgan fingerprint density at radius 3 is 2.80 bits per heavy atom. The number of rotatable bonds is 5. The van der Waals surface area contributed by atoms with Crippen LogP contribution in [0.2, 0.25) is 0 Å². The standard InChI is InChI=1S/C14H18N2O3S/c17-13(16-8-9-20-11-16)6-7-15-14(18)19-10-12-4-2-1-3-5-12/h1-5H,6-11H2,(H,15,18). The fraction of sp³-hybridized carbons (Fsp3) is 0.429. The van der Waals surface area contributed by atoms with Crippen molar-refractivity contribution >= 4 is 23.8 Å². The van der Waals surface area contributed by atoms with E-state index in [1.54, 1.807) is 11.8 Å². The van der Waals surface area contributed by atoms with Crippen LogP contribution < -0.4 is 5.32 Å². The van der Waals surface area contributed by atoms with Crippen molar-refractivity contribution < 1.29 is 14.3 Å². The molecule has 0 unspecified atom stereocenters. The lowest BCUT2D eigenvalue weighted by Crippen LogP contribution is -2.33. The highest BCUT2D eigenvalue weighted by atomic mass is 32.2. The quantitative estimate of drug-likeness (QED) is 0.900. The van der Waals surface area contributed by atoms with Gasteiger partial charge in [0.1, 0.15) is 6.61 Å². The Labute approximate surface area is 122 Å². The molecule has 20 heavy (non-hydrogen) atoms. The van der Waals surface area contributed by atoms with E-state index in [4.69, 9.17) is 4.74 Å². The number of hydrogen-bond acceptors (Lipinski definition) is 4. The second kappa shape index (κ2) is 7.79. The lowest BCUT2D eigenvalue weighted by atomic mass is 10.2. The molecule has 1 aromatic rings. The van der Waals surface area contributed by atoms with Crippen molar-refractivity contribution in [2.24, 2.45) is 0 Å². The van der Waals surface area contributed by atoms with Crippen molar-refractivity contribution in [3.63, 3.8) is 0 Å². The molecule has 0 radical (unpaired) electrons. The van der Waals surface area contributed by atoms with Gasteiger partial charge in [0.15, 0.2) is 0 Å². The molecule has 1 heterocycles. The van der Waals surface area contributed by atoms with Gasteiger partial charge in [0, 0.05) is 25.3 Å². The Hall–Kier alpha value is -1.69. The summed E-state index contributed by atoms with van der Waals surface area (Å²) in [6, 6.07) is 9.47. The molecule has 6 heteroatoms. The molecule has 0 spiro atoms. The van der Waals surface area contributed by atoms with Crippen LogP contribution in [0.15, 0.2) is 30.3 Å². The molecule has 0 aromatic heterocycles. The first-order valence-corrected chi connectivity index (χ1v) is 7.71. The monoisotopic (exact) mass is 294 g/mol. The van der Waals surface area contributed by atoms with E-state index in [0.29, 0.717) is 13.0 Å². The zero-order chi connectivity index (χ0) is 14.2. The summed E-state index contributed by atoms with van der Waals surface area (Å²) in [5, 5.41) is 2.59. The number of amides is 2. The highest BCUT2D eigenvalue weighted by Gasteiger charge is 2.17. The Kier molecular flexibility index (Phi) is 5.73. The summed E-state index contributed by atoms with van der Waals surface area (Å²) in [6.07, 6.45) is -0.168. The van der Waals surface area contributed by atoms with Crippen LogP contribution in [0.4, 0.5) is 4.79 Å². The number of carbonyl (C=O) groups excluding carboxylic acids is 2. The number of hydrogen-bond donors (Lipinski definition) is 1. The molecule has 108 valence electrons. The van der Waals surface area contributed by atoms with Gasteiger partial charge in [-0.05, 0) is 5.56 Å². The minimum atomic E-state index is -0.488. The molecule has 1 N–H and O–H groups in total. The van der Waals surface area contributed by atoms with Gasteiger partial charge in [-0.3, -0.25) is 4.79 Å². The van der Waals surface area contributed by atoms with Crippen molar-refractivity contribution in [1.29, 1.82) is 0 Å². The van der Waals surface area contributed by atoms with Crippen LogP contribution in [0.3, 0.4) is 0 Å². The predicted molar refractivity (Wildman–Crippen MR) is 78.3 cm³/mol. The second-order valence-corrected chi connectivity index (χ2v) is 5.51. The molecular formula is C14H18N2O3S. The summed E-state index contributed by atoms with van der Waals surface area (Å²) in [7, 11) is 0. The smallest absolute Gasteiger partial charge is 0.407 e. The first kappa shape index (κ1) is 14.7. The molecular weight excluding hydrogens is 276 g/mol. The average Bonchev–Trinajstić information content (AvgIpc) is 3.00. The summed E-state index contributed by atoms with van der Waals surface area (Å²) < 4.78 is 5.06. The number of nitrogens with one attached hydrogen (secondary N) is 1. The molecule has 5 nitrogen and oxygen atoms in total. The van der Waals surface area contributed by atoms with E-state index in [2.05, 4.69) is 5.32 Å². The summed E-state index contributed by atoms with van der Waals surface area (Å²) in [6.45, 7) is 1.36. The van der Waals surface area contributed by atoms with Crippen LogP contribution in [0.25, 0.3) is 0 Å². The number of thioether (sulfide) groups is 1. The van der Waals surface area contributed by atoms with Crippen LogP contribution in [-0.4, -0.2) is 41.6 Å². The number of carbonyl (C=O) groups is 2. The number of alkyl carbamates (subject to hydrolysis) is 1. The lowest BCUT2D eigenvalue weighted by Gasteiger charge is -2.14. The van der Waals surface area contributed by atoms with Gasteiger partial charge in [-0.1, -0.05) is 30.3 Å². The van der Waals surface area contributed by atoms with Gasteiger partial charge in [-0.15, -0.1) is 11.8 Å². The first-order valence-electron chi connectivity index (χ1n) is 6.56. The van der Waals surface area contributed by atoms with Gasteiger partial charge in [-0.25, -0.2) is 4.79 Å². The predicted octanol–water partition coefficient (Wildman–Crippen LogP) is 1.84. The van der Waals surface area contributed by atoms with Crippen LogP contribution >= 0.6 is 11.8 Å². The van der Waals surface area contributed by atoms with E-state index in [1.807, 2.05) is 35.2 Å². The van der Waals surface area contributed by atoms with E-state index in [0.717, 1.165) is 23.7 Å². The van der Waals surface area contributed by atoms with Crippen LogP contribution in [0, 0.1) is 0 Å². The largest absolute Gasteiger partial charge is 0.445 e. The second-order valence-electron chi connectivity index (χ2n) is 4.43. The number of nitrogens with zero attached hydrogens (tertiary/aromatic N) is 1. The van der Waals surface area contributed by atoms with Gasteiger partial charge in [0.25, 0.3) is 0 Å². The molecule has 2 amide bonds. The molecule has 1 aromatic carbocycles. The Morgan fingerprint density at radius 2 is 2.10 bits per heavy atom. The summed E-state index contributed by atoms with van der Waals surface area (Å²) in [5.74, 6) is 1.84. The lowest BCUT2D eigenvalue weighted by molar-refractivity contribution is -0.129. The maximum absolute atomic E-state index is 11.7. The minimum Gasteiger partial charge on any atom is -0.445 e. The molecule has 1 aliphatic rings. The van der Waals surface area contributed by atoms with Crippen molar-refractivity contribution in [2.45, 2.75) is 13.0 Å². The highest BCUT2D eigenvalue weighted by Crippen LogP contribution is 2.13. The maximum atomic E-state index is 11.7. The van der Waals surface area contributed by atoms with Gasteiger partial charge in [-0.2, -0.15) is 0 Å². The highest BCUT2D eigenvalue weighted by molar-refractivity contribution is 7.99. The molecule has 0 aliphatic carbocycles. The average molecular weight is 294 g/mol. The third-order valence-corrected chi connectivity index (χ3v) is 3.89. The Balaban J connectivity index is 1.59. The van der Waals surface area contributed by atoms with Crippen LogP contribution in [0.5, 0.6) is 0 Å². The van der Waals surface area contributed by atoms with Gasteiger partial charge in [0.05, 0.1) is 5.88 Å². The van der Waals surface area contributed by atoms with Gasteiger partial charge >= 0.3 is 6.09 Å². The summed E-state index contributed by atoms with van der Waals surface area (Å²) >= 11 is 1.75. The fourth-order valence-electron chi connectivity index (χ4n) is 1.81. The van der Waals surface area contributed by atoms with Crippen LogP contribution in [0.1, 0.15) is 12.0 Å². The molecule has 1 fully saturated rings. The van der Waals surface area contributed by atoms with E-state index < -0.39 is 6.09 Å². The molecule has 0 bridgehead atoms. The normalized spacial score (nSPS) is 14.1. The van der Waals surface area contributed by atoms with Crippen molar-refractivity contribution in [2.75, 3.05) is 24.7 Å². The Morgan fingerprint density at radius 1 is 1.30 bits per heavy atom. The zero-order valence-corrected chi connectivity index (χ0v) is 12.0. The van der Waals surface area contributed by atoms with E-state index >= 15 is 0 Å². The number of benzene rings is 1. The third kappa shape index (κ3) is 4.77. The van der Waals surface area contributed by atoms with Gasteiger partial charge < -0.3 is 15.0 Å². The van der Waals surface area contributed by atoms with Crippen molar-refractivity contribution in [1.82, 2.24) is 10.2 Å². The van der Waals surface area contributed by atoms with Crippen molar-refractivity contribution in [3.8, 4) is 0 Å². The van der Waals surface area contributed by atoms with E-state index in [-0.39, 0.29) is 12.5 Å². The minimum absolute atomic E-state index is 0.0818. The topological polar surface area (TPSA) is 58.6 Å². The first-order chi connectivity index (χ1) is 9.75. The SMILES string of the molecule is O=C(NCCC(=O)N1CCSC1)OCc1ccccc1. The number of ether oxygens (including phenoxy) is 1. The van der Waals surface area contributed by atoms with Crippen molar-refractivity contribution in [3.05, 3.63) is 35.9 Å². The van der Waals surface area contributed by atoms with Gasteiger partial charge in [0.2, 0.25) is 5.91 Å². The molecule has 2 rings (SSSR count). The third-order valence-electron chi connectivity index (χ3n) is 2.93. The van der Waals surface area contributed by atoms with E-state index in [1.165, 1.54) is 0 Å². The maximum Gasteiger partial charge on any atom is 0.407 e. The molecule has 0 atom stereocenters. The van der Waals surface area contributed by atoms with E-state index in [9.17, 15) is 9.59 Å². The Bertz CT molecular complexity index is 447. The summed E-state index contributed by atoms with van der Waals surface area (Å²) in [4.78, 5) is 25.0. The molecule has 1 saturated heterocycles. The van der Waals surface area contributed by atoms with Crippen LogP contribution in [-0.2, 0) is 16.1 Å². The molecule has 1 aliphatic heterocycles. The fourth-order valence-corrected chi connectivity index (χ4v) is 2.79. The molecule has 0 saturated carbocycles. The zero-order valence-electron chi connectivity index (χ0n) is 11.2.